The molecular formula is C17H17FO2. The van der Waals surface area contributed by atoms with Gasteiger partial charge in [0.2, 0.25) is 0 Å². The fourth-order valence-corrected chi connectivity index (χ4v) is 2.09. The van der Waals surface area contributed by atoms with E-state index in [-0.39, 0.29) is 17.7 Å². The van der Waals surface area contributed by atoms with Crippen LogP contribution in [0.4, 0.5) is 4.39 Å². The van der Waals surface area contributed by atoms with Crippen LogP contribution in [0.2, 0.25) is 0 Å². The van der Waals surface area contributed by atoms with Gasteiger partial charge in [0.15, 0.2) is 5.78 Å². The molecule has 2 aromatic rings. The summed E-state index contributed by atoms with van der Waals surface area (Å²) in [5.74, 6) is 0.180. The van der Waals surface area contributed by atoms with Crippen LogP contribution in [0.3, 0.4) is 0 Å². The summed E-state index contributed by atoms with van der Waals surface area (Å²) >= 11 is 0. The molecule has 0 fully saturated rings. The Labute approximate surface area is 118 Å². The van der Waals surface area contributed by atoms with Crippen molar-refractivity contribution in [3.05, 3.63) is 53.8 Å². The largest absolute Gasteiger partial charge is 0.490 e. The molecule has 0 saturated carbocycles. The van der Waals surface area contributed by atoms with Gasteiger partial charge in [-0.05, 0) is 50.6 Å². The molecule has 2 rings (SSSR count). The molecule has 0 heterocycles. The smallest absolute Gasteiger partial charge is 0.160 e. The first kappa shape index (κ1) is 14.3. The fraction of sp³-hybridized carbons (Fsp3) is 0.235. The Morgan fingerprint density at radius 1 is 1.10 bits per heavy atom. The Kier molecular flexibility index (Phi) is 4.18. The van der Waals surface area contributed by atoms with Crippen molar-refractivity contribution in [1.29, 1.82) is 0 Å². The summed E-state index contributed by atoms with van der Waals surface area (Å²) < 4.78 is 19.3. The van der Waals surface area contributed by atoms with Gasteiger partial charge in [-0.25, -0.2) is 4.39 Å². The van der Waals surface area contributed by atoms with Crippen LogP contribution < -0.4 is 4.74 Å². The van der Waals surface area contributed by atoms with Crippen molar-refractivity contribution in [3.63, 3.8) is 0 Å². The maximum atomic E-state index is 13.5. The predicted octanol–water partition coefficient (Wildman–Crippen LogP) is 4.48. The van der Waals surface area contributed by atoms with Crippen LogP contribution in [0, 0.1) is 5.82 Å². The van der Waals surface area contributed by atoms with Crippen LogP contribution in [-0.2, 0) is 0 Å². The number of ketones is 1. The molecule has 0 N–H and O–H groups in total. The number of Topliss-reactive ketones (excluding diaryl/α,β-unsaturated/α-hetero) is 1. The highest BCUT2D eigenvalue weighted by Gasteiger charge is 2.14. The number of para-hydroxylation sites is 1. The van der Waals surface area contributed by atoms with Gasteiger partial charge >= 0.3 is 0 Å². The molecule has 104 valence electrons. The maximum Gasteiger partial charge on any atom is 0.160 e. The first-order valence-corrected chi connectivity index (χ1v) is 6.55. The number of hydrogen-bond donors (Lipinski definition) is 0. The maximum absolute atomic E-state index is 13.5. The number of halogens is 1. The van der Waals surface area contributed by atoms with E-state index in [1.807, 2.05) is 38.1 Å². The van der Waals surface area contributed by atoms with Crippen LogP contribution in [0.1, 0.15) is 31.1 Å². The van der Waals surface area contributed by atoms with E-state index in [0.717, 1.165) is 5.56 Å². The summed E-state index contributed by atoms with van der Waals surface area (Å²) in [7, 11) is 0. The highest BCUT2D eigenvalue weighted by Crippen LogP contribution is 2.33. The van der Waals surface area contributed by atoms with Crippen molar-refractivity contribution in [2.24, 2.45) is 0 Å². The van der Waals surface area contributed by atoms with Gasteiger partial charge in [-0.2, -0.15) is 0 Å². The zero-order valence-electron chi connectivity index (χ0n) is 11.8. The van der Waals surface area contributed by atoms with E-state index in [1.165, 1.54) is 25.1 Å². The highest BCUT2D eigenvalue weighted by molar-refractivity contribution is 6.01. The lowest BCUT2D eigenvalue weighted by atomic mass is 9.96. The average Bonchev–Trinajstić information content (AvgIpc) is 2.38. The van der Waals surface area contributed by atoms with Gasteiger partial charge in [0.1, 0.15) is 11.6 Å². The van der Waals surface area contributed by atoms with E-state index in [2.05, 4.69) is 0 Å². The third kappa shape index (κ3) is 3.05. The molecule has 2 aromatic carbocycles. The summed E-state index contributed by atoms with van der Waals surface area (Å²) in [6, 6.07) is 11.5. The van der Waals surface area contributed by atoms with E-state index in [9.17, 15) is 9.18 Å². The Hall–Kier alpha value is -2.16. The lowest BCUT2D eigenvalue weighted by molar-refractivity contribution is 0.101. The molecule has 0 spiro atoms. The minimum atomic E-state index is -0.371. The molecular weight excluding hydrogens is 255 g/mol. The molecule has 0 bridgehead atoms. The molecule has 3 heteroatoms. The van der Waals surface area contributed by atoms with Gasteiger partial charge in [-0.15, -0.1) is 0 Å². The van der Waals surface area contributed by atoms with Gasteiger partial charge in [0, 0.05) is 11.1 Å². The minimum absolute atomic E-state index is 0.00508. The number of carbonyl (C=O) groups is 1. The topological polar surface area (TPSA) is 26.3 Å². The third-order valence-electron chi connectivity index (χ3n) is 2.90. The summed E-state index contributed by atoms with van der Waals surface area (Å²) in [5.41, 5.74) is 1.78. The normalized spacial score (nSPS) is 10.7. The summed E-state index contributed by atoms with van der Waals surface area (Å²) in [4.78, 5) is 11.7. The van der Waals surface area contributed by atoms with Crippen LogP contribution >= 0.6 is 0 Å². The van der Waals surface area contributed by atoms with Gasteiger partial charge < -0.3 is 4.74 Å². The number of benzene rings is 2. The second kappa shape index (κ2) is 5.87. The Morgan fingerprint density at radius 3 is 2.45 bits per heavy atom. The zero-order chi connectivity index (χ0) is 14.7. The second-order valence-electron chi connectivity index (χ2n) is 4.91. The van der Waals surface area contributed by atoms with Crippen molar-refractivity contribution in [2.45, 2.75) is 26.9 Å². The lowest BCUT2D eigenvalue weighted by Crippen LogP contribution is -2.07. The first-order chi connectivity index (χ1) is 9.49. The van der Waals surface area contributed by atoms with E-state index < -0.39 is 0 Å². The van der Waals surface area contributed by atoms with Crippen LogP contribution in [0.15, 0.2) is 42.5 Å². The van der Waals surface area contributed by atoms with E-state index in [0.29, 0.717) is 16.9 Å². The highest BCUT2D eigenvalue weighted by atomic mass is 19.1. The van der Waals surface area contributed by atoms with Gasteiger partial charge in [0.05, 0.1) is 6.10 Å². The van der Waals surface area contributed by atoms with E-state index >= 15 is 0 Å². The Morgan fingerprint density at radius 2 is 1.80 bits per heavy atom. The standard InChI is InChI=1S/C17H17FO2/c1-11(2)20-17-7-5-4-6-15(17)16-10-13(18)8-9-14(16)12(3)19/h4-11H,1-3H3. The number of carbonyl (C=O) groups excluding carboxylic acids is 1. The molecule has 0 aliphatic rings. The average molecular weight is 272 g/mol. The molecule has 0 aliphatic carbocycles. The Bertz CT molecular complexity index is 633. The second-order valence-corrected chi connectivity index (χ2v) is 4.91. The molecule has 20 heavy (non-hydrogen) atoms. The SMILES string of the molecule is CC(=O)c1ccc(F)cc1-c1ccccc1OC(C)C. The number of hydrogen-bond acceptors (Lipinski definition) is 2. The summed E-state index contributed by atoms with van der Waals surface area (Å²) in [6.07, 6.45) is 0.00508. The van der Waals surface area contributed by atoms with Crippen molar-refractivity contribution in [1.82, 2.24) is 0 Å². The number of rotatable bonds is 4. The van der Waals surface area contributed by atoms with Crippen molar-refractivity contribution < 1.29 is 13.9 Å². The molecule has 2 nitrogen and oxygen atoms in total. The molecule has 0 atom stereocenters. The lowest BCUT2D eigenvalue weighted by Gasteiger charge is -2.16. The zero-order valence-corrected chi connectivity index (χ0v) is 11.8. The third-order valence-corrected chi connectivity index (χ3v) is 2.90. The molecule has 0 aromatic heterocycles. The predicted molar refractivity (Wildman–Crippen MR) is 77.6 cm³/mol. The van der Waals surface area contributed by atoms with Crippen LogP contribution in [0.25, 0.3) is 11.1 Å². The van der Waals surface area contributed by atoms with Gasteiger partial charge in [0.25, 0.3) is 0 Å². The van der Waals surface area contributed by atoms with Crippen molar-refractivity contribution in [2.75, 3.05) is 0 Å². The summed E-state index contributed by atoms with van der Waals surface area (Å²) in [6.45, 7) is 5.32. The molecule has 0 radical (unpaired) electrons. The van der Waals surface area contributed by atoms with Crippen LogP contribution in [-0.4, -0.2) is 11.9 Å². The first-order valence-electron chi connectivity index (χ1n) is 6.55. The van der Waals surface area contributed by atoms with Crippen molar-refractivity contribution >= 4 is 5.78 Å². The quantitative estimate of drug-likeness (QED) is 0.767. The fourth-order valence-electron chi connectivity index (χ4n) is 2.09. The van der Waals surface area contributed by atoms with E-state index in [1.54, 1.807) is 0 Å². The Balaban J connectivity index is 2.62. The minimum Gasteiger partial charge on any atom is -0.490 e. The van der Waals surface area contributed by atoms with E-state index in [4.69, 9.17) is 4.74 Å². The molecule has 0 amide bonds. The monoisotopic (exact) mass is 272 g/mol. The van der Waals surface area contributed by atoms with Crippen molar-refractivity contribution in [3.8, 4) is 16.9 Å². The molecule has 0 aliphatic heterocycles. The molecule has 0 unspecified atom stereocenters. The molecule has 0 saturated heterocycles. The van der Waals surface area contributed by atoms with Gasteiger partial charge in [-0.1, -0.05) is 18.2 Å². The number of ether oxygens (including phenoxy) is 1. The van der Waals surface area contributed by atoms with Crippen LogP contribution in [0.5, 0.6) is 5.75 Å². The van der Waals surface area contributed by atoms with Gasteiger partial charge in [-0.3, -0.25) is 4.79 Å². The summed E-state index contributed by atoms with van der Waals surface area (Å²) in [5, 5.41) is 0.